The van der Waals surface area contributed by atoms with Gasteiger partial charge in [-0.05, 0) is 38.1 Å². The van der Waals surface area contributed by atoms with Gasteiger partial charge in [0.25, 0.3) is 0 Å². The summed E-state index contributed by atoms with van der Waals surface area (Å²) in [6.45, 7) is 9.00. The highest BCUT2D eigenvalue weighted by Crippen LogP contribution is 2.33. The number of esters is 1. The maximum atomic E-state index is 12.5. The molecule has 1 rings (SSSR count). The maximum absolute atomic E-state index is 12.5. The van der Waals surface area contributed by atoms with Crippen LogP contribution >= 0.6 is 0 Å². The van der Waals surface area contributed by atoms with Gasteiger partial charge in [-0.1, -0.05) is 46.5 Å². The number of unbranched alkanes of at least 4 members (excludes halogenated alkanes) is 1. The summed E-state index contributed by atoms with van der Waals surface area (Å²) in [4.78, 5) is 12.5. The predicted octanol–water partition coefficient (Wildman–Crippen LogP) is 3.92. The minimum atomic E-state index is -0.254. The van der Waals surface area contributed by atoms with Crippen molar-refractivity contribution in [2.45, 2.75) is 72.1 Å². The van der Waals surface area contributed by atoms with Crippen LogP contribution in [0.2, 0.25) is 0 Å². The molecule has 0 spiro atoms. The van der Waals surface area contributed by atoms with E-state index in [1.807, 2.05) is 0 Å². The van der Waals surface area contributed by atoms with Crippen molar-refractivity contribution in [1.29, 1.82) is 0 Å². The molecular formula is C17H33NO2. The Morgan fingerprint density at radius 3 is 2.65 bits per heavy atom. The van der Waals surface area contributed by atoms with Crippen LogP contribution < -0.4 is 5.32 Å². The Kier molecular flexibility index (Phi) is 8.20. The lowest BCUT2D eigenvalue weighted by Gasteiger charge is -2.35. The highest BCUT2D eigenvalue weighted by atomic mass is 16.5. The van der Waals surface area contributed by atoms with Crippen molar-refractivity contribution in [2.75, 3.05) is 19.7 Å². The Morgan fingerprint density at radius 1 is 1.30 bits per heavy atom. The number of carbonyl (C=O) groups is 1. The Labute approximate surface area is 124 Å². The molecule has 0 aromatic rings. The van der Waals surface area contributed by atoms with Crippen molar-refractivity contribution in [1.82, 2.24) is 5.32 Å². The minimum absolute atomic E-state index is 0.0431. The molecule has 20 heavy (non-hydrogen) atoms. The van der Waals surface area contributed by atoms with Gasteiger partial charge >= 0.3 is 5.97 Å². The first kappa shape index (κ1) is 17.5. The van der Waals surface area contributed by atoms with Crippen molar-refractivity contribution in [2.24, 2.45) is 11.3 Å². The summed E-state index contributed by atoms with van der Waals surface area (Å²) in [6, 6.07) is 0. The molecule has 0 amide bonds. The van der Waals surface area contributed by atoms with Crippen LogP contribution in [0.3, 0.4) is 0 Å². The predicted molar refractivity (Wildman–Crippen MR) is 83.7 cm³/mol. The number of piperidine rings is 1. The van der Waals surface area contributed by atoms with Crippen LogP contribution in [0.1, 0.15) is 72.1 Å². The van der Waals surface area contributed by atoms with E-state index in [1.165, 1.54) is 19.3 Å². The van der Waals surface area contributed by atoms with Gasteiger partial charge in [0.15, 0.2) is 0 Å². The lowest BCUT2D eigenvalue weighted by atomic mass is 9.77. The zero-order chi connectivity index (χ0) is 14.8. The van der Waals surface area contributed by atoms with Gasteiger partial charge in [-0.25, -0.2) is 0 Å². The number of hydrogen-bond acceptors (Lipinski definition) is 3. The summed E-state index contributed by atoms with van der Waals surface area (Å²) in [5.41, 5.74) is -0.254. The van der Waals surface area contributed by atoms with Crippen LogP contribution in [0, 0.1) is 11.3 Å². The van der Waals surface area contributed by atoms with Crippen molar-refractivity contribution < 1.29 is 9.53 Å². The van der Waals surface area contributed by atoms with E-state index in [0.29, 0.717) is 12.5 Å². The SMILES string of the molecule is CCCCC(CC)COC(=O)C1(CCC)CCCNC1. The summed E-state index contributed by atoms with van der Waals surface area (Å²) >= 11 is 0. The van der Waals surface area contributed by atoms with Gasteiger partial charge in [-0.15, -0.1) is 0 Å². The average Bonchev–Trinajstić information content (AvgIpc) is 2.48. The molecule has 1 aliphatic heterocycles. The summed E-state index contributed by atoms with van der Waals surface area (Å²) in [7, 11) is 0. The first-order valence-corrected chi connectivity index (χ1v) is 8.56. The van der Waals surface area contributed by atoms with E-state index in [1.54, 1.807) is 0 Å². The molecule has 1 aliphatic rings. The summed E-state index contributed by atoms with van der Waals surface area (Å²) in [6.07, 6.45) is 8.80. The van der Waals surface area contributed by atoms with E-state index in [0.717, 1.165) is 45.2 Å². The molecule has 0 aromatic carbocycles. The third-order valence-corrected chi connectivity index (χ3v) is 4.63. The second-order valence-corrected chi connectivity index (χ2v) is 6.33. The number of ether oxygens (including phenoxy) is 1. The Balaban J connectivity index is 2.48. The zero-order valence-corrected chi connectivity index (χ0v) is 13.7. The quantitative estimate of drug-likeness (QED) is 0.652. The number of nitrogens with one attached hydrogen (secondary N) is 1. The van der Waals surface area contributed by atoms with E-state index >= 15 is 0 Å². The lowest BCUT2D eigenvalue weighted by molar-refractivity contribution is -0.159. The van der Waals surface area contributed by atoms with Gasteiger partial charge in [-0.2, -0.15) is 0 Å². The molecule has 3 nitrogen and oxygen atoms in total. The average molecular weight is 283 g/mol. The molecule has 1 fully saturated rings. The molecule has 1 heterocycles. The van der Waals surface area contributed by atoms with E-state index in [9.17, 15) is 4.79 Å². The van der Waals surface area contributed by atoms with Gasteiger partial charge in [0.2, 0.25) is 0 Å². The molecule has 0 aliphatic carbocycles. The Hall–Kier alpha value is -0.570. The molecule has 1 saturated heterocycles. The second kappa shape index (κ2) is 9.38. The molecule has 2 unspecified atom stereocenters. The number of hydrogen-bond donors (Lipinski definition) is 1. The molecule has 2 atom stereocenters. The van der Waals surface area contributed by atoms with Crippen LogP contribution in [0.5, 0.6) is 0 Å². The summed E-state index contributed by atoms with van der Waals surface area (Å²) in [5, 5.41) is 3.38. The third-order valence-electron chi connectivity index (χ3n) is 4.63. The van der Waals surface area contributed by atoms with Crippen LogP contribution in [-0.4, -0.2) is 25.7 Å². The molecule has 0 bridgehead atoms. The highest BCUT2D eigenvalue weighted by Gasteiger charge is 2.40. The first-order valence-electron chi connectivity index (χ1n) is 8.56. The van der Waals surface area contributed by atoms with Gasteiger partial charge in [-0.3, -0.25) is 4.79 Å². The van der Waals surface area contributed by atoms with Crippen molar-refractivity contribution >= 4 is 5.97 Å². The fraction of sp³-hybridized carbons (Fsp3) is 0.941. The molecular weight excluding hydrogens is 250 g/mol. The van der Waals surface area contributed by atoms with Crippen molar-refractivity contribution in [3.8, 4) is 0 Å². The minimum Gasteiger partial charge on any atom is -0.465 e. The molecule has 0 saturated carbocycles. The standard InChI is InChI=1S/C17H33NO2/c1-4-7-9-15(6-3)13-20-16(19)17(10-5-2)11-8-12-18-14-17/h15,18H,4-14H2,1-3H3. The topological polar surface area (TPSA) is 38.3 Å². The van der Waals surface area contributed by atoms with Crippen LogP contribution in [0.25, 0.3) is 0 Å². The Bertz CT molecular complexity index is 267. The molecule has 3 heteroatoms. The number of carbonyl (C=O) groups excluding carboxylic acids is 1. The Morgan fingerprint density at radius 2 is 2.10 bits per heavy atom. The fourth-order valence-electron chi connectivity index (χ4n) is 3.18. The maximum Gasteiger partial charge on any atom is 0.313 e. The van der Waals surface area contributed by atoms with Gasteiger partial charge in [0, 0.05) is 6.54 Å². The van der Waals surface area contributed by atoms with E-state index < -0.39 is 0 Å². The molecule has 118 valence electrons. The lowest BCUT2D eigenvalue weighted by Crippen LogP contribution is -2.46. The number of rotatable bonds is 9. The normalized spacial score (nSPS) is 24.4. The van der Waals surface area contributed by atoms with Crippen LogP contribution in [0.15, 0.2) is 0 Å². The zero-order valence-electron chi connectivity index (χ0n) is 13.7. The third kappa shape index (κ3) is 5.08. The summed E-state index contributed by atoms with van der Waals surface area (Å²) in [5.74, 6) is 0.579. The summed E-state index contributed by atoms with van der Waals surface area (Å²) < 4.78 is 5.71. The highest BCUT2D eigenvalue weighted by molar-refractivity contribution is 5.77. The fourth-order valence-corrected chi connectivity index (χ4v) is 3.18. The molecule has 0 aromatic heterocycles. The van der Waals surface area contributed by atoms with Crippen LogP contribution in [-0.2, 0) is 9.53 Å². The largest absolute Gasteiger partial charge is 0.465 e. The smallest absolute Gasteiger partial charge is 0.313 e. The second-order valence-electron chi connectivity index (χ2n) is 6.33. The first-order chi connectivity index (χ1) is 9.68. The van der Waals surface area contributed by atoms with Gasteiger partial charge in [0.05, 0.1) is 12.0 Å². The van der Waals surface area contributed by atoms with E-state index in [-0.39, 0.29) is 11.4 Å². The van der Waals surface area contributed by atoms with Gasteiger partial charge < -0.3 is 10.1 Å². The van der Waals surface area contributed by atoms with Gasteiger partial charge in [0.1, 0.15) is 0 Å². The monoisotopic (exact) mass is 283 g/mol. The van der Waals surface area contributed by atoms with Crippen molar-refractivity contribution in [3.63, 3.8) is 0 Å². The van der Waals surface area contributed by atoms with Crippen LogP contribution in [0.4, 0.5) is 0 Å². The van der Waals surface area contributed by atoms with E-state index in [4.69, 9.17) is 4.74 Å². The molecule has 0 radical (unpaired) electrons. The van der Waals surface area contributed by atoms with E-state index in [2.05, 4.69) is 26.1 Å². The van der Waals surface area contributed by atoms with Crippen molar-refractivity contribution in [3.05, 3.63) is 0 Å². The molecule has 1 N–H and O–H groups in total.